The Morgan fingerprint density at radius 1 is 1.41 bits per heavy atom. The third-order valence-corrected chi connectivity index (χ3v) is 3.66. The molecule has 5 nitrogen and oxygen atoms in total. The molecule has 0 aromatic heterocycles. The van der Waals surface area contributed by atoms with Crippen molar-refractivity contribution >= 4 is 5.97 Å². The molecule has 0 saturated carbocycles. The first-order chi connectivity index (χ1) is 8.24. The Balaban J connectivity index is 1.81. The smallest absolute Gasteiger partial charge is 0.319 e. The molecule has 2 heterocycles. The van der Waals surface area contributed by atoms with Crippen LogP contribution in [0.3, 0.4) is 0 Å². The summed E-state index contributed by atoms with van der Waals surface area (Å²) in [5.41, 5.74) is -0.0235. The van der Waals surface area contributed by atoms with E-state index >= 15 is 0 Å². The number of nitrogens with one attached hydrogen (secondary N) is 1. The molecule has 0 aromatic carbocycles. The summed E-state index contributed by atoms with van der Waals surface area (Å²) < 4.78 is 15.9. The van der Waals surface area contributed by atoms with Gasteiger partial charge in [-0.1, -0.05) is 0 Å². The summed E-state index contributed by atoms with van der Waals surface area (Å²) in [7, 11) is 1.41. The zero-order valence-corrected chi connectivity index (χ0v) is 10.4. The first kappa shape index (κ1) is 12.8. The molecule has 17 heavy (non-hydrogen) atoms. The highest BCUT2D eigenvalue weighted by Crippen LogP contribution is 2.34. The van der Waals surface area contributed by atoms with E-state index in [1.165, 1.54) is 7.11 Å². The van der Waals surface area contributed by atoms with Gasteiger partial charge in [-0.2, -0.15) is 0 Å². The maximum atomic E-state index is 11.1. The Kier molecular flexibility index (Phi) is 4.36. The van der Waals surface area contributed by atoms with Crippen LogP contribution in [0.5, 0.6) is 0 Å². The van der Waals surface area contributed by atoms with Crippen molar-refractivity contribution in [1.29, 1.82) is 0 Å². The number of rotatable bonds is 3. The van der Waals surface area contributed by atoms with Crippen LogP contribution >= 0.6 is 0 Å². The summed E-state index contributed by atoms with van der Waals surface area (Å²) in [6.07, 6.45) is 3.85. The number of carbonyl (C=O) groups excluding carboxylic acids is 1. The normalized spacial score (nSPS) is 27.9. The van der Waals surface area contributed by atoms with Crippen molar-refractivity contribution in [2.45, 2.75) is 37.3 Å². The predicted octanol–water partition coefficient (Wildman–Crippen LogP) is 0.477. The maximum Gasteiger partial charge on any atom is 0.319 e. The molecule has 1 unspecified atom stereocenters. The van der Waals surface area contributed by atoms with Crippen molar-refractivity contribution in [1.82, 2.24) is 5.32 Å². The van der Waals surface area contributed by atoms with Crippen LogP contribution < -0.4 is 5.32 Å². The number of hydrogen-bond acceptors (Lipinski definition) is 5. The second-order valence-electron chi connectivity index (χ2n) is 4.79. The fourth-order valence-corrected chi connectivity index (χ4v) is 2.59. The molecular formula is C12H21NO4. The number of carbonyl (C=O) groups is 1. The summed E-state index contributed by atoms with van der Waals surface area (Å²) in [5.74, 6) is -0.211. The van der Waals surface area contributed by atoms with Crippen LogP contribution in [0.15, 0.2) is 0 Å². The lowest BCUT2D eigenvalue weighted by Crippen LogP contribution is -2.50. The third kappa shape index (κ3) is 3.40. The van der Waals surface area contributed by atoms with Gasteiger partial charge in [-0.15, -0.1) is 0 Å². The summed E-state index contributed by atoms with van der Waals surface area (Å²) in [5, 5.41) is 3.25. The molecule has 2 fully saturated rings. The Hall–Kier alpha value is -0.650. The zero-order valence-electron chi connectivity index (χ0n) is 10.4. The van der Waals surface area contributed by atoms with E-state index < -0.39 is 0 Å². The van der Waals surface area contributed by atoms with E-state index in [0.717, 1.165) is 45.5 Å². The van der Waals surface area contributed by atoms with Crippen LogP contribution in [0.2, 0.25) is 0 Å². The molecule has 1 spiro atoms. The van der Waals surface area contributed by atoms with Crippen LogP contribution in [0.1, 0.15) is 25.7 Å². The molecule has 0 aromatic rings. The van der Waals surface area contributed by atoms with Gasteiger partial charge in [0.05, 0.1) is 19.3 Å². The average molecular weight is 243 g/mol. The average Bonchev–Trinajstić information content (AvgIpc) is 2.37. The largest absolute Gasteiger partial charge is 0.468 e. The second kappa shape index (κ2) is 5.80. The monoisotopic (exact) mass is 243 g/mol. The molecule has 0 radical (unpaired) electrons. The molecular weight excluding hydrogens is 222 g/mol. The molecule has 2 saturated heterocycles. The highest BCUT2D eigenvalue weighted by atomic mass is 16.5. The summed E-state index contributed by atoms with van der Waals surface area (Å²) in [4.78, 5) is 11.1. The van der Waals surface area contributed by atoms with Crippen LogP contribution in [-0.2, 0) is 19.0 Å². The molecule has 98 valence electrons. The van der Waals surface area contributed by atoms with Gasteiger partial charge in [0.15, 0.2) is 0 Å². The Labute approximate surface area is 102 Å². The lowest BCUT2D eigenvalue weighted by molar-refractivity contribution is -0.145. The van der Waals surface area contributed by atoms with Gasteiger partial charge in [0.2, 0.25) is 0 Å². The number of methoxy groups -OCH3 is 1. The summed E-state index contributed by atoms with van der Waals surface area (Å²) >= 11 is 0. The number of hydrogen-bond donors (Lipinski definition) is 1. The van der Waals surface area contributed by atoms with E-state index in [0.29, 0.717) is 6.04 Å². The van der Waals surface area contributed by atoms with Gasteiger partial charge in [-0.05, 0) is 25.7 Å². The molecule has 5 heteroatoms. The minimum Gasteiger partial charge on any atom is -0.468 e. The van der Waals surface area contributed by atoms with E-state index in [9.17, 15) is 4.79 Å². The Bertz CT molecular complexity index is 258. The van der Waals surface area contributed by atoms with Crippen molar-refractivity contribution in [2.75, 3.05) is 33.5 Å². The van der Waals surface area contributed by atoms with E-state index in [4.69, 9.17) is 9.47 Å². The fraction of sp³-hybridized carbons (Fsp3) is 0.917. The van der Waals surface area contributed by atoms with Gasteiger partial charge in [0, 0.05) is 25.9 Å². The molecule has 1 atom stereocenters. The SMILES string of the molecule is COC(=O)CNC1CCOC2(CCOCC2)C1. The molecule has 2 aliphatic rings. The Morgan fingerprint density at radius 3 is 2.88 bits per heavy atom. The van der Waals surface area contributed by atoms with Crippen LogP contribution in [0.25, 0.3) is 0 Å². The highest BCUT2D eigenvalue weighted by Gasteiger charge is 2.38. The predicted molar refractivity (Wildman–Crippen MR) is 61.8 cm³/mol. The van der Waals surface area contributed by atoms with Gasteiger partial charge in [0.25, 0.3) is 0 Å². The Morgan fingerprint density at radius 2 is 2.18 bits per heavy atom. The van der Waals surface area contributed by atoms with E-state index in [1.807, 2.05) is 0 Å². The zero-order chi connectivity index (χ0) is 12.1. The van der Waals surface area contributed by atoms with Crippen LogP contribution in [0.4, 0.5) is 0 Å². The fourth-order valence-electron chi connectivity index (χ4n) is 2.59. The van der Waals surface area contributed by atoms with Crippen molar-refractivity contribution in [3.05, 3.63) is 0 Å². The van der Waals surface area contributed by atoms with Gasteiger partial charge in [-0.3, -0.25) is 4.79 Å². The van der Waals surface area contributed by atoms with E-state index in [2.05, 4.69) is 10.1 Å². The van der Waals surface area contributed by atoms with E-state index in [-0.39, 0.29) is 18.1 Å². The van der Waals surface area contributed by atoms with E-state index in [1.54, 1.807) is 0 Å². The topological polar surface area (TPSA) is 56.8 Å². The first-order valence-corrected chi connectivity index (χ1v) is 6.26. The first-order valence-electron chi connectivity index (χ1n) is 6.26. The van der Waals surface area contributed by atoms with Gasteiger partial charge >= 0.3 is 5.97 Å². The maximum absolute atomic E-state index is 11.1. The van der Waals surface area contributed by atoms with Crippen LogP contribution in [0, 0.1) is 0 Å². The van der Waals surface area contributed by atoms with Crippen molar-refractivity contribution < 1.29 is 19.0 Å². The lowest BCUT2D eigenvalue weighted by Gasteiger charge is -2.43. The summed E-state index contributed by atoms with van der Waals surface area (Å²) in [6, 6.07) is 0.348. The van der Waals surface area contributed by atoms with Crippen LogP contribution in [-0.4, -0.2) is 51.1 Å². The standard InChI is InChI=1S/C12H21NO4/c1-15-11(14)9-13-10-2-5-17-12(8-10)3-6-16-7-4-12/h10,13H,2-9H2,1H3. The number of ether oxygens (including phenoxy) is 3. The summed E-state index contributed by atoms with van der Waals surface area (Å²) in [6.45, 7) is 2.61. The molecule has 0 bridgehead atoms. The van der Waals surface area contributed by atoms with Crippen molar-refractivity contribution in [3.8, 4) is 0 Å². The molecule has 2 aliphatic heterocycles. The second-order valence-corrected chi connectivity index (χ2v) is 4.79. The highest BCUT2D eigenvalue weighted by molar-refractivity contribution is 5.71. The molecule has 0 aliphatic carbocycles. The minimum absolute atomic E-state index is 0.0235. The quantitative estimate of drug-likeness (QED) is 0.731. The molecule has 1 N–H and O–H groups in total. The van der Waals surface area contributed by atoms with Gasteiger partial charge in [-0.25, -0.2) is 0 Å². The van der Waals surface area contributed by atoms with Crippen molar-refractivity contribution in [2.24, 2.45) is 0 Å². The third-order valence-electron chi connectivity index (χ3n) is 3.66. The van der Waals surface area contributed by atoms with Crippen molar-refractivity contribution in [3.63, 3.8) is 0 Å². The van der Waals surface area contributed by atoms with Gasteiger partial charge in [0.1, 0.15) is 0 Å². The molecule has 0 amide bonds. The number of esters is 1. The van der Waals surface area contributed by atoms with Gasteiger partial charge < -0.3 is 19.5 Å². The molecule has 2 rings (SSSR count). The minimum atomic E-state index is -0.211. The lowest BCUT2D eigenvalue weighted by atomic mass is 9.84.